The Hall–Kier alpha value is -2.75. The first-order valence-corrected chi connectivity index (χ1v) is 10.3. The Balaban J connectivity index is 0.000000469. The summed E-state index contributed by atoms with van der Waals surface area (Å²) in [4.78, 5) is 24.1. The van der Waals surface area contributed by atoms with Crippen LogP contribution in [-0.2, 0) is 4.79 Å². The van der Waals surface area contributed by atoms with E-state index in [1.54, 1.807) is 18.2 Å². The number of aliphatic imine (C=N–C) groups is 1. The fourth-order valence-corrected chi connectivity index (χ4v) is 2.71. The lowest BCUT2D eigenvalue weighted by Crippen LogP contribution is -2.26. The molecule has 0 fully saturated rings. The number of nitrogens with two attached hydrogens (primary N) is 1. The zero-order chi connectivity index (χ0) is 23.1. The number of halogens is 2. The van der Waals surface area contributed by atoms with Gasteiger partial charge in [0.25, 0.3) is 0 Å². The molecule has 0 aliphatic carbocycles. The molecular formula is C21H30Cl2N4O5. The van der Waals surface area contributed by atoms with Crippen molar-refractivity contribution in [2.75, 3.05) is 25.0 Å². The molecule has 0 unspecified atom stereocenters. The molecule has 11 heteroatoms. The zero-order valence-corrected chi connectivity index (χ0v) is 18.3. The van der Waals surface area contributed by atoms with E-state index in [1.807, 2.05) is 0 Å². The number of guanidine groups is 1. The van der Waals surface area contributed by atoms with Crippen molar-refractivity contribution in [1.82, 2.24) is 5.32 Å². The molecule has 1 aliphatic heterocycles. The molecule has 32 heavy (non-hydrogen) atoms. The van der Waals surface area contributed by atoms with Crippen LogP contribution in [0.3, 0.4) is 0 Å². The number of hydrogen-bond acceptors (Lipinski definition) is 7. The highest BCUT2D eigenvalue weighted by molar-refractivity contribution is 6.39. The molecule has 0 bridgehead atoms. The first kappa shape index (κ1) is 29.2. The third-order valence-corrected chi connectivity index (χ3v) is 4.34. The third-order valence-electron chi connectivity index (χ3n) is 3.71. The molecule has 0 radical (unpaired) electrons. The molecule has 6 N–H and O–H groups in total. The molecule has 178 valence electrons. The lowest BCUT2D eigenvalue weighted by atomic mass is 10.2. The highest BCUT2D eigenvalue weighted by Gasteiger charge is 2.10. The van der Waals surface area contributed by atoms with Crippen molar-refractivity contribution >= 4 is 46.8 Å². The van der Waals surface area contributed by atoms with Crippen LogP contribution in [0.15, 0.2) is 46.0 Å². The van der Waals surface area contributed by atoms with Gasteiger partial charge in [-0.15, -0.1) is 0 Å². The lowest BCUT2D eigenvalue weighted by Gasteiger charge is -2.09. The number of carbonyl (C=O) groups is 2. The minimum atomic E-state index is -1.03. The van der Waals surface area contributed by atoms with Crippen molar-refractivity contribution < 1.29 is 24.2 Å². The van der Waals surface area contributed by atoms with Crippen LogP contribution >= 0.6 is 23.2 Å². The number of carboxylic acid groups (broad SMARTS) is 2. The molecule has 2 aromatic rings. The molecular weight excluding hydrogens is 459 g/mol. The number of hydrogen-bond donors (Lipinski definition) is 5. The number of para-hydroxylation sites is 1. The largest absolute Gasteiger partial charge is 0.481 e. The van der Waals surface area contributed by atoms with E-state index >= 15 is 0 Å². The van der Waals surface area contributed by atoms with Gasteiger partial charge in [-0.25, -0.2) is 4.79 Å². The monoisotopic (exact) mass is 488 g/mol. The summed E-state index contributed by atoms with van der Waals surface area (Å²) < 4.78 is 4.50. The maximum atomic E-state index is 9.97. The number of nitrogens with zero attached hydrogens (tertiary/aromatic N) is 1. The van der Waals surface area contributed by atoms with Gasteiger partial charge in [-0.3, -0.25) is 9.79 Å². The Morgan fingerprint density at radius 3 is 2.25 bits per heavy atom. The molecule has 9 nitrogen and oxygen atoms in total. The second-order valence-electron chi connectivity index (χ2n) is 6.15. The van der Waals surface area contributed by atoms with Crippen molar-refractivity contribution in [1.29, 1.82) is 0 Å². The van der Waals surface area contributed by atoms with E-state index in [0.717, 1.165) is 38.3 Å². The Kier molecular flexibility index (Phi) is 15.4. The van der Waals surface area contributed by atoms with Crippen LogP contribution in [0.4, 0.5) is 5.69 Å². The number of unbranched alkanes of at least 4 members (excludes halogenated alkanes) is 2. The molecule has 1 aromatic heterocycles. The SMILES string of the molecule is C.Clc1cccc(Cl)c1NC1=NCCN1.NCCCCCC(=O)O.O=C(O)c1ccco1. The smallest absolute Gasteiger partial charge is 0.371 e. The van der Waals surface area contributed by atoms with E-state index in [0.29, 0.717) is 22.3 Å². The van der Waals surface area contributed by atoms with E-state index < -0.39 is 11.9 Å². The number of aliphatic carboxylic acids is 1. The van der Waals surface area contributed by atoms with E-state index in [4.69, 9.17) is 39.1 Å². The predicted molar refractivity (Wildman–Crippen MR) is 128 cm³/mol. The maximum Gasteiger partial charge on any atom is 0.371 e. The second-order valence-corrected chi connectivity index (χ2v) is 6.97. The van der Waals surface area contributed by atoms with Crippen LogP contribution in [-0.4, -0.2) is 47.7 Å². The lowest BCUT2D eigenvalue weighted by molar-refractivity contribution is -0.137. The third kappa shape index (κ3) is 12.2. The summed E-state index contributed by atoms with van der Waals surface area (Å²) in [6.07, 6.45) is 4.23. The summed E-state index contributed by atoms with van der Waals surface area (Å²) >= 11 is 12.0. The van der Waals surface area contributed by atoms with Gasteiger partial charge in [0.1, 0.15) is 0 Å². The molecule has 1 aliphatic rings. The van der Waals surface area contributed by atoms with Crippen LogP contribution in [0.2, 0.25) is 10.0 Å². The van der Waals surface area contributed by atoms with E-state index in [2.05, 4.69) is 20.0 Å². The number of benzene rings is 1. The van der Waals surface area contributed by atoms with Crippen LogP contribution in [0.1, 0.15) is 43.7 Å². The van der Waals surface area contributed by atoms with Crippen molar-refractivity contribution in [3.63, 3.8) is 0 Å². The summed E-state index contributed by atoms with van der Waals surface area (Å²) in [5, 5.41) is 23.7. The van der Waals surface area contributed by atoms with Gasteiger partial charge < -0.3 is 31.0 Å². The maximum absolute atomic E-state index is 9.97. The normalized spacial score (nSPS) is 11.4. The minimum absolute atomic E-state index is 0. The predicted octanol–water partition coefficient (Wildman–Crippen LogP) is 4.57. The number of furan rings is 1. The van der Waals surface area contributed by atoms with Crippen LogP contribution in [0.25, 0.3) is 0 Å². The van der Waals surface area contributed by atoms with Gasteiger partial charge in [-0.05, 0) is 43.7 Å². The zero-order valence-electron chi connectivity index (χ0n) is 16.8. The number of carboxylic acids is 2. The van der Waals surface area contributed by atoms with E-state index in [-0.39, 0.29) is 19.6 Å². The fourth-order valence-electron chi connectivity index (χ4n) is 2.21. The van der Waals surface area contributed by atoms with Gasteiger partial charge >= 0.3 is 11.9 Å². The molecule has 0 atom stereocenters. The Labute approximate surface area is 197 Å². The molecule has 0 saturated carbocycles. The average Bonchev–Trinajstić information content (AvgIpc) is 3.43. The summed E-state index contributed by atoms with van der Waals surface area (Å²) in [6.45, 7) is 2.30. The summed E-state index contributed by atoms with van der Waals surface area (Å²) in [6, 6.07) is 8.29. The molecule has 3 rings (SSSR count). The van der Waals surface area contributed by atoms with Crippen molar-refractivity contribution in [2.24, 2.45) is 10.7 Å². The number of aromatic carboxylic acids is 1. The van der Waals surface area contributed by atoms with Crippen LogP contribution in [0, 0.1) is 0 Å². The topological polar surface area (TPSA) is 150 Å². The Morgan fingerprint density at radius 2 is 1.81 bits per heavy atom. The second kappa shape index (κ2) is 16.9. The highest BCUT2D eigenvalue weighted by Crippen LogP contribution is 2.29. The molecule has 0 spiro atoms. The highest BCUT2D eigenvalue weighted by atomic mass is 35.5. The summed E-state index contributed by atoms with van der Waals surface area (Å²) in [5.74, 6) is -1.05. The van der Waals surface area contributed by atoms with Gasteiger partial charge in [-0.2, -0.15) is 0 Å². The Bertz CT molecular complexity index is 824. The summed E-state index contributed by atoms with van der Waals surface area (Å²) in [5.41, 5.74) is 5.90. The number of anilines is 1. The number of rotatable bonds is 7. The van der Waals surface area contributed by atoms with E-state index in [1.165, 1.54) is 18.4 Å². The summed E-state index contributed by atoms with van der Waals surface area (Å²) in [7, 11) is 0. The van der Waals surface area contributed by atoms with E-state index in [9.17, 15) is 9.59 Å². The molecule has 1 aromatic carbocycles. The van der Waals surface area contributed by atoms with Crippen LogP contribution in [0.5, 0.6) is 0 Å². The fraction of sp³-hybridized carbons (Fsp3) is 0.381. The molecule has 0 amide bonds. The first-order valence-electron chi connectivity index (χ1n) is 9.53. The van der Waals surface area contributed by atoms with Gasteiger partial charge in [0.15, 0.2) is 5.96 Å². The quantitative estimate of drug-likeness (QED) is 0.355. The average molecular weight is 489 g/mol. The van der Waals surface area contributed by atoms with Gasteiger partial charge in [0, 0.05) is 13.0 Å². The Morgan fingerprint density at radius 1 is 1.12 bits per heavy atom. The molecule has 0 saturated heterocycles. The molecule has 2 heterocycles. The van der Waals surface area contributed by atoms with Gasteiger partial charge in [0.2, 0.25) is 5.76 Å². The van der Waals surface area contributed by atoms with Crippen LogP contribution < -0.4 is 16.4 Å². The first-order chi connectivity index (χ1) is 14.8. The standard InChI is InChI=1S/C9H9Cl2N3.C6H13NO2.C5H4O3.CH4/c10-6-2-1-3-7(11)8(6)14-9-12-4-5-13-9;7-5-3-1-2-4-6(8)9;6-5(7)4-2-1-3-8-4;/h1-3H,4-5H2,(H2,12,13,14);1-5,7H2,(H,8,9);1-3H,(H,6,7);1H4. The van der Waals surface area contributed by atoms with Crippen molar-refractivity contribution in [3.8, 4) is 0 Å². The van der Waals surface area contributed by atoms with Gasteiger partial charge in [0.05, 0.1) is 28.5 Å². The number of nitrogens with one attached hydrogen (secondary N) is 2. The van der Waals surface area contributed by atoms with Crippen molar-refractivity contribution in [3.05, 3.63) is 52.4 Å². The van der Waals surface area contributed by atoms with Crippen molar-refractivity contribution in [2.45, 2.75) is 33.1 Å². The van der Waals surface area contributed by atoms with Gasteiger partial charge in [-0.1, -0.05) is 43.1 Å². The minimum Gasteiger partial charge on any atom is -0.481 e.